The summed E-state index contributed by atoms with van der Waals surface area (Å²) in [6, 6.07) is 28.1. The van der Waals surface area contributed by atoms with Crippen molar-refractivity contribution in [3.63, 3.8) is 0 Å². The van der Waals surface area contributed by atoms with E-state index in [1.807, 2.05) is 48.5 Å². The zero-order valence-corrected chi connectivity index (χ0v) is 21.1. The number of phenolic OH excluding ortho intramolecular Hbond substituents is 1. The van der Waals surface area contributed by atoms with Gasteiger partial charge >= 0.3 is 6.09 Å². The maximum absolute atomic E-state index is 14.0. The lowest BCUT2D eigenvalue weighted by Crippen LogP contribution is -2.53. The van der Waals surface area contributed by atoms with Crippen LogP contribution in [0.5, 0.6) is 5.75 Å². The van der Waals surface area contributed by atoms with Crippen molar-refractivity contribution >= 4 is 6.09 Å². The molecule has 3 atom stereocenters. The van der Waals surface area contributed by atoms with Crippen molar-refractivity contribution in [3.05, 3.63) is 137 Å². The van der Waals surface area contributed by atoms with Gasteiger partial charge in [0.05, 0.1) is 18.1 Å². The minimum absolute atomic E-state index is 0.197. The molecule has 6 rings (SSSR count). The van der Waals surface area contributed by atoms with Gasteiger partial charge in [0.25, 0.3) is 0 Å². The lowest BCUT2D eigenvalue weighted by molar-refractivity contribution is 0.0183. The number of alkyl carbamates (subject to hydrolysis) is 1. The van der Waals surface area contributed by atoms with E-state index in [-0.39, 0.29) is 24.3 Å². The highest BCUT2D eigenvalue weighted by atomic mass is 19.1. The molecule has 0 radical (unpaired) electrons. The fraction of sp³-hybridized carbons (Fsp3) is 0.219. The monoisotopic (exact) mass is 526 g/mol. The number of rotatable bonds is 6. The van der Waals surface area contributed by atoms with Gasteiger partial charge in [-0.2, -0.15) is 0 Å². The molecule has 0 aromatic heterocycles. The van der Waals surface area contributed by atoms with Crippen LogP contribution in [0.4, 0.5) is 13.6 Å². The maximum atomic E-state index is 14.0. The van der Waals surface area contributed by atoms with E-state index >= 15 is 0 Å². The average Bonchev–Trinajstić information content (AvgIpc) is 3.29. The molecule has 2 heterocycles. The van der Waals surface area contributed by atoms with E-state index in [1.165, 1.54) is 12.1 Å². The Kier molecular flexibility index (Phi) is 6.75. The molecule has 1 saturated heterocycles. The molecule has 2 aliphatic heterocycles. The highest BCUT2D eigenvalue weighted by Gasteiger charge is 2.46. The molecular formula is C32H28F2N2O3. The normalized spacial score (nSPS) is 20.9. The number of hydrogen-bond acceptors (Lipinski definition) is 4. The van der Waals surface area contributed by atoms with Crippen LogP contribution in [0.25, 0.3) is 0 Å². The van der Waals surface area contributed by atoms with E-state index < -0.39 is 29.9 Å². The number of halogens is 2. The average molecular weight is 527 g/mol. The smallest absolute Gasteiger partial charge is 0.407 e. The summed E-state index contributed by atoms with van der Waals surface area (Å²) in [6.07, 6.45) is -0.425. The Labute approximate surface area is 225 Å². The summed E-state index contributed by atoms with van der Waals surface area (Å²) >= 11 is 0. The van der Waals surface area contributed by atoms with E-state index in [1.54, 1.807) is 6.07 Å². The number of cyclic esters (lactones) is 1. The number of benzene rings is 4. The molecule has 0 unspecified atom stereocenters. The van der Waals surface area contributed by atoms with Gasteiger partial charge in [0, 0.05) is 18.2 Å². The molecule has 39 heavy (non-hydrogen) atoms. The van der Waals surface area contributed by atoms with Crippen LogP contribution >= 0.6 is 0 Å². The third-order valence-corrected chi connectivity index (χ3v) is 7.71. The third kappa shape index (κ3) is 5.10. The van der Waals surface area contributed by atoms with Gasteiger partial charge in [-0.25, -0.2) is 13.6 Å². The Morgan fingerprint density at radius 3 is 2.18 bits per heavy atom. The molecule has 5 nitrogen and oxygen atoms in total. The predicted molar refractivity (Wildman–Crippen MR) is 143 cm³/mol. The lowest BCUT2D eigenvalue weighted by Gasteiger charge is -2.45. The molecule has 4 aromatic carbocycles. The fourth-order valence-electron chi connectivity index (χ4n) is 6.04. The second-order valence-electron chi connectivity index (χ2n) is 10.2. The molecule has 7 heteroatoms. The highest BCUT2D eigenvalue weighted by Crippen LogP contribution is 2.41. The zero-order valence-electron chi connectivity index (χ0n) is 21.1. The topological polar surface area (TPSA) is 61.8 Å². The second-order valence-corrected chi connectivity index (χ2v) is 10.2. The van der Waals surface area contributed by atoms with Crippen LogP contribution in [0.15, 0.2) is 97.1 Å². The number of nitrogens with zero attached hydrogens (tertiary/aromatic N) is 1. The Morgan fingerprint density at radius 1 is 0.897 bits per heavy atom. The van der Waals surface area contributed by atoms with Crippen molar-refractivity contribution in [2.45, 2.75) is 43.6 Å². The van der Waals surface area contributed by atoms with Gasteiger partial charge in [-0.1, -0.05) is 72.8 Å². The molecule has 0 bridgehead atoms. The van der Waals surface area contributed by atoms with E-state index in [4.69, 9.17) is 4.74 Å². The lowest BCUT2D eigenvalue weighted by atomic mass is 9.83. The first-order chi connectivity index (χ1) is 19.0. The van der Waals surface area contributed by atoms with Crippen LogP contribution in [0.2, 0.25) is 0 Å². The van der Waals surface area contributed by atoms with Gasteiger partial charge in [0.1, 0.15) is 23.5 Å². The Morgan fingerprint density at radius 2 is 1.54 bits per heavy atom. The molecule has 0 saturated carbocycles. The zero-order chi connectivity index (χ0) is 26.9. The molecule has 1 fully saturated rings. The molecular weight excluding hydrogens is 498 g/mol. The first-order valence-electron chi connectivity index (χ1n) is 13.0. The van der Waals surface area contributed by atoms with E-state index in [0.717, 1.165) is 28.3 Å². The Hall–Kier alpha value is -4.23. The summed E-state index contributed by atoms with van der Waals surface area (Å²) in [7, 11) is 0. The first-order valence-corrected chi connectivity index (χ1v) is 13.0. The summed E-state index contributed by atoms with van der Waals surface area (Å²) in [6.45, 7) is 0.427. The minimum Gasteiger partial charge on any atom is -0.508 e. The van der Waals surface area contributed by atoms with Crippen molar-refractivity contribution < 1.29 is 23.4 Å². The SMILES string of the molecule is O=C1N[C@@H](Cc2cc(F)cc(F)c2)[C@@H]([C@H]2Cc3cccc(O)c3CN2C(c2ccccc2)c2ccccc2)O1. The summed E-state index contributed by atoms with van der Waals surface area (Å²) in [4.78, 5) is 14.9. The van der Waals surface area contributed by atoms with Crippen LogP contribution in [0.1, 0.15) is 33.9 Å². The highest BCUT2D eigenvalue weighted by molar-refractivity contribution is 5.70. The summed E-state index contributed by atoms with van der Waals surface area (Å²) < 4.78 is 33.9. The first kappa shape index (κ1) is 25.1. The second kappa shape index (κ2) is 10.5. The van der Waals surface area contributed by atoms with Crippen LogP contribution in [-0.4, -0.2) is 34.3 Å². The number of phenols is 1. The maximum Gasteiger partial charge on any atom is 0.407 e. The summed E-state index contributed by atoms with van der Waals surface area (Å²) in [5.74, 6) is -1.10. The van der Waals surface area contributed by atoms with Gasteiger partial charge in [-0.15, -0.1) is 0 Å². The minimum atomic E-state index is -0.663. The molecule has 0 aliphatic carbocycles. The van der Waals surface area contributed by atoms with Crippen molar-refractivity contribution in [1.82, 2.24) is 10.2 Å². The van der Waals surface area contributed by atoms with Crippen molar-refractivity contribution in [3.8, 4) is 5.75 Å². The van der Waals surface area contributed by atoms with Crippen molar-refractivity contribution in [2.24, 2.45) is 0 Å². The number of hydrogen-bond donors (Lipinski definition) is 2. The van der Waals surface area contributed by atoms with Gasteiger partial charge < -0.3 is 15.2 Å². The molecule has 0 spiro atoms. The molecule has 2 aliphatic rings. The number of nitrogens with one attached hydrogen (secondary N) is 1. The van der Waals surface area contributed by atoms with Crippen molar-refractivity contribution in [2.75, 3.05) is 0 Å². The van der Waals surface area contributed by atoms with Crippen molar-refractivity contribution in [1.29, 1.82) is 0 Å². The summed E-state index contributed by atoms with van der Waals surface area (Å²) in [5.41, 5.74) is 4.39. The molecule has 198 valence electrons. The molecule has 4 aromatic rings. The Bertz CT molecular complexity index is 1420. The van der Waals surface area contributed by atoms with Gasteiger partial charge in [-0.05, 0) is 53.3 Å². The molecule has 2 N–H and O–H groups in total. The van der Waals surface area contributed by atoms with Crippen LogP contribution in [0, 0.1) is 11.6 Å². The number of carbonyl (C=O) groups is 1. The third-order valence-electron chi connectivity index (χ3n) is 7.71. The number of amides is 1. The quantitative estimate of drug-likeness (QED) is 0.328. The van der Waals surface area contributed by atoms with E-state index in [0.29, 0.717) is 18.5 Å². The predicted octanol–water partition coefficient (Wildman–Crippen LogP) is 5.91. The Balaban J connectivity index is 1.44. The number of carbonyl (C=O) groups excluding carboxylic acids is 1. The van der Waals surface area contributed by atoms with Gasteiger partial charge in [-0.3, -0.25) is 4.90 Å². The van der Waals surface area contributed by atoms with Gasteiger partial charge in [0.15, 0.2) is 0 Å². The number of aromatic hydroxyl groups is 1. The standard InChI is InChI=1S/C32H28F2N2O3/c33-24-14-20(15-25(34)18-24)16-27-31(39-32(38)35-27)28-17-23-12-7-13-29(37)26(23)19-36(28)30(21-8-3-1-4-9-21)22-10-5-2-6-11-22/h1-15,18,27-28,30-31,37H,16-17,19H2,(H,35,38)/t27-,28+,31-/m0/s1. The van der Waals surface area contributed by atoms with Crippen LogP contribution in [-0.2, 0) is 24.1 Å². The number of fused-ring (bicyclic) bond motifs is 1. The van der Waals surface area contributed by atoms with Crippen LogP contribution in [0.3, 0.4) is 0 Å². The molecule has 1 amide bonds. The largest absolute Gasteiger partial charge is 0.508 e. The van der Waals surface area contributed by atoms with E-state index in [9.17, 15) is 18.7 Å². The fourth-order valence-corrected chi connectivity index (χ4v) is 6.04. The van der Waals surface area contributed by atoms with Crippen LogP contribution < -0.4 is 5.32 Å². The van der Waals surface area contributed by atoms with E-state index in [2.05, 4.69) is 34.5 Å². The summed E-state index contributed by atoms with van der Waals surface area (Å²) in [5, 5.41) is 13.7. The van der Waals surface area contributed by atoms with Gasteiger partial charge in [0.2, 0.25) is 0 Å². The number of ether oxygens (including phenoxy) is 1.